The Balaban J connectivity index is 1.42. The van der Waals surface area contributed by atoms with E-state index in [0.29, 0.717) is 0 Å². The summed E-state index contributed by atoms with van der Waals surface area (Å²) < 4.78 is 50.8. The Hall–Kier alpha value is -1.49. The molecule has 0 aromatic heterocycles. The number of amides is 1. The number of carbonyl (C=O) groups is 1. The topological polar surface area (TPSA) is 416 Å². The van der Waals surface area contributed by atoms with E-state index >= 15 is 0 Å². The van der Waals surface area contributed by atoms with E-state index in [-0.39, 0.29) is 0 Å². The lowest BCUT2D eigenvalue weighted by atomic mass is 9.94. The zero-order chi connectivity index (χ0) is 42.9. The summed E-state index contributed by atoms with van der Waals surface area (Å²) in [6.07, 6.45) is -43.4. The van der Waals surface area contributed by atoms with E-state index in [1.807, 2.05) is 0 Å². The van der Waals surface area contributed by atoms with Gasteiger partial charge in [0.2, 0.25) is 5.91 Å². The molecule has 0 saturated carbocycles. The van der Waals surface area contributed by atoms with Crippen molar-refractivity contribution in [1.82, 2.24) is 5.32 Å². The first kappa shape index (κ1) is 47.6. The summed E-state index contributed by atoms with van der Waals surface area (Å²) in [7, 11) is 0. The molecule has 0 spiro atoms. The highest BCUT2D eigenvalue weighted by Crippen LogP contribution is 2.36. The van der Waals surface area contributed by atoms with Gasteiger partial charge in [-0.3, -0.25) is 4.79 Å². The van der Waals surface area contributed by atoms with Crippen molar-refractivity contribution in [3.63, 3.8) is 0 Å². The summed E-state index contributed by atoms with van der Waals surface area (Å²) in [6.45, 7) is -1.34. The van der Waals surface area contributed by atoms with Crippen molar-refractivity contribution in [3.05, 3.63) is 0 Å². The summed E-state index contributed by atoms with van der Waals surface area (Å²) in [6, 6.07) is -1.67. The normalized spacial score (nSPS) is 51.6. The summed E-state index contributed by atoms with van der Waals surface area (Å²) in [5.41, 5.74) is 0. The molecule has 5 aliphatic rings. The fourth-order valence-electron chi connectivity index (χ4n) is 7.36. The van der Waals surface area contributed by atoms with Crippen LogP contribution < -0.4 is 5.32 Å². The maximum absolute atomic E-state index is 12.5. The molecule has 25 atom stereocenters. The first-order valence-electron chi connectivity index (χ1n) is 18.5. The van der Waals surface area contributed by atoms with Gasteiger partial charge in [0, 0.05) is 6.92 Å². The molecular formula is C32H55NO25. The summed E-state index contributed by atoms with van der Waals surface area (Å²) in [5, 5.41) is 160. The molecule has 26 nitrogen and oxygen atoms in total. The van der Waals surface area contributed by atoms with Crippen LogP contribution in [0.4, 0.5) is 0 Å². The third-order valence-corrected chi connectivity index (χ3v) is 10.7. The molecule has 0 unspecified atom stereocenters. The second-order valence-corrected chi connectivity index (χ2v) is 14.7. The average molecular weight is 854 g/mol. The monoisotopic (exact) mass is 853 g/mol. The van der Waals surface area contributed by atoms with Gasteiger partial charge in [-0.1, -0.05) is 0 Å². The Morgan fingerprint density at radius 3 is 1.43 bits per heavy atom. The Morgan fingerprint density at radius 2 is 0.879 bits per heavy atom. The van der Waals surface area contributed by atoms with E-state index in [4.69, 9.17) is 42.6 Å². The number of rotatable bonds is 13. The molecule has 0 radical (unpaired) electrons. The van der Waals surface area contributed by atoms with Gasteiger partial charge >= 0.3 is 0 Å². The molecule has 0 aromatic carbocycles. The van der Waals surface area contributed by atoms with Crippen LogP contribution in [-0.2, 0) is 47.4 Å². The fourth-order valence-corrected chi connectivity index (χ4v) is 7.36. The molecule has 0 aromatic rings. The molecule has 1 amide bonds. The van der Waals surface area contributed by atoms with E-state index < -0.39 is 186 Å². The minimum Gasteiger partial charge on any atom is -0.394 e. The van der Waals surface area contributed by atoms with Crippen molar-refractivity contribution in [2.24, 2.45) is 0 Å². The minimum atomic E-state index is -2.15. The highest BCUT2D eigenvalue weighted by atomic mass is 16.8. The Morgan fingerprint density at radius 1 is 0.448 bits per heavy atom. The van der Waals surface area contributed by atoms with Gasteiger partial charge in [0.15, 0.2) is 31.5 Å². The highest BCUT2D eigenvalue weighted by molar-refractivity contribution is 5.73. The number of ether oxygens (including phenoxy) is 9. The molecule has 16 N–H and O–H groups in total. The lowest BCUT2D eigenvalue weighted by Gasteiger charge is -2.50. The average Bonchev–Trinajstić information content (AvgIpc) is 3.19. The molecule has 5 heterocycles. The maximum atomic E-state index is 12.5. The molecule has 5 aliphatic heterocycles. The number of aliphatic hydroxyl groups is 15. The molecule has 5 rings (SSSR count). The van der Waals surface area contributed by atoms with Crippen molar-refractivity contribution in [3.8, 4) is 0 Å². The molecule has 0 bridgehead atoms. The summed E-state index contributed by atoms with van der Waals surface area (Å²) >= 11 is 0. The van der Waals surface area contributed by atoms with Crippen LogP contribution in [0.5, 0.6) is 0 Å². The van der Waals surface area contributed by atoms with Gasteiger partial charge in [-0.25, -0.2) is 0 Å². The quantitative estimate of drug-likeness (QED) is 0.0818. The van der Waals surface area contributed by atoms with Gasteiger partial charge in [0.05, 0.1) is 32.5 Å². The van der Waals surface area contributed by atoms with E-state index in [2.05, 4.69) is 5.32 Å². The Labute approximate surface area is 329 Å². The molecule has 58 heavy (non-hydrogen) atoms. The molecule has 26 heteroatoms. The molecule has 0 aliphatic carbocycles. The predicted octanol–water partition coefficient (Wildman–Crippen LogP) is -10.8. The minimum absolute atomic E-state index is 0.801. The Kier molecular flexibility index (Phi) is 16.5. The lowest BCUT2D eigenvalue weighted by Crippen LogP contribution is -2.70. The number of hydrogen-bond acceptors (Lipinski definition) is 25. The molecule has 5 saturated heterocycles. The van der Waals surface area contributed by atoms with Crippen molar-refractivity contribution in [2.45, 2.75) is 167 Å². The second-order valence-electron chi connectivity index (χ2n) is 14.7. The van der Waals surface area contributed by atoms with Crippen LogP contribution in [0.1, 0.15) is 13.8 Å². The number of carbonyl (C=O) groups excluding carboxylic acids is 1. The van der Waals surface area contributed by atoms with Gasteiger partial charge in [-0.15, -0.1) is 0 Å². The van der Waals surface area contributed by atoms with Crippen molar-refractivity contribution in [1.29, 1.82) is 0 Å². The van der Waals surface area contributed by atoms with Gasteiger partial charge in [0.1, 0.15) is 116 Å². The largest absolute Gasteiger partial charge is 0.394 e. The standard InChI is InChI=1S/C32H55NO25/c1-7-14(39)18(43)20(45)30(50-7)58-27-22(47)28(49)51-12(6-37)24(27)55-32-23(48)26(17(42)11(5-36)54-32)57-29-13(33-8(2)38)25(16(41)10(4-35)52-29)56-31-21(46)19(44)15(40)9(3-34)53-31/h7,9-32,34-37,39-49H,3-6H2,1-2H3,(H,33,38)/t7-,9+,10+,11+,12+,13+,14+,15-,16+,17-,18+,19-,20-,21+,22+,23+,24+,25+,26-,27+,28+,29-,30-,31-,32-/m0/s1. The van der Waals surface area contributed by atoms with Crippen LogP contribution in [0.2, 0.25) is 0 Å². The van der Waals surface area contributed by atoms with E-state index in [0.717, 1.165) is 6.92 Å². The molecular weight excluding hydrogens is 798 g/mol. The zero-order valence-electron chi connectivity index (χ0n) is 31.1. The SMILES string of the molecule is CC(=O)N[C@H]1[C@H](O[C@H]2[C@@H](O)[C@@H](CO)O[C@@H](O[C@H]3[C@H](O[C@@H]4O[C@@H](C)[C@@H](O)[C@@H](O)[C@@H]4O)[C@@H](O)[C@H](O)O[C@@H]3CO)[C@@H]2O)O[C@H](CO)[C@@H](O)[C@@H]1O[C@@H]1O[C@H](CO)[C@H](O)[C@H](O)[C@H]1O. The summed E-state index contributed by atoms with van der Waals surface area (Å²) in [5.74, 6) is -0.801. The number of hydrogen-bond donors (Lipinski definition) is 16. The highest BCUT2D eigenvalue weighted by Gasteiger charge is 2.57. The predicted molar refractivity (Wildman–Crippen MR) is 177 cm³/mol. The van der Waals surface area contributed by atoms with Crippen LogP contribution in [-0.4, -0.2) is 262 Å². The van der Waals surface area contributed by atoms with Crippen molar-refractivity contribution in [2.75, 3.05) is 26.4 Å². The van der Waals surface area contributed by atoms with Gasteiger partial charge < -0.3 is 125 Å². The van der Waals surface area contributed by atoms with Crippen molar-refractivity contribution >= 4 is 5.91 Å². The first-order valence-corrected chi connectivity index (χ1v) is 18.5. The van der Waals surface area contributed by atoms with Gasteiger partial charge in [-0.05, 0) is 6.92 Å². The van der Waals surface area contributed by atoms with Gasteiger partial charge in [0.25, 0.3) is 0 Å². The summed E-state index contributed by atoms with van der Waals surface area (Å²) in [4.78, 5) is 12.5. The fraction of sp³-hybridized carbons (Fsp3) is 0.969. The maximum Gasteiger partial charge on any atom is 0.217 e. The molecule has 5 fully saturated rings. The number of nitrogens with one attached hydrogen (secondary N) is 1. The molecule has 338 valence electrons. The van der Waals surface area contributed by atoms with Crippen LogP contribution >= 0.6 is 0 Å². The second kappa shape index (κ2) is 20.1. The third kappa shape index (κ3) is 9.75. The first-order chi connectivity index (χ1) is 27.4. The Bertz CT molecular complexity index is 1310. The van der Waals surface area contributed by atoms with Crippen LogP contribution in [0.15, 0.2) is 0 Å². The van der Waals surface area contributed by atoms with Crippen molar-refractivity contribution < 1.29 is 124 Å². The van der Waals surface area contributed by atoms with Gasteiger partial charge in [-0.2, -0.15) is 0 Å². The van der Waals surface area contributed by atoms with Crippen LogP contribution in [0.25, 0.3) is 0 Å². The van der Waals surface area contributed by atoms with E-state index in [9.17, 15) is 81.4 Å². The van der Waals surface area contributed by atoms with Crippen LogP contribution in [0.3, 0.4) is 0 Å². The third-order valence-electron chi connectivity index (χ3n) is 10.7. The van der Waals surface area contributed by atoms with E-state index in [1.165, 1.54) is 6.92 Å². The zero-order valence-corrected chi connectivity index (χ0v) is 31.1. The smallest absolute Gasteiger partial charge is 0.217 e. The van der Waals surface area contributed by atoms with E-state index in [1.54, 1.807) is 0 Å². The lowest BCUT2D eigenvalue weighted by molar-refractivity contribution is -0.392. The van der Waals surface area contributed by atoms with Crippen LogP contribution in [0, 0.1) is 0 Å². The number of aliphatic hydroxyl groups excluding tert-OH is 15.